The SMILES string of the molecule is CC=NOC(=O)c1sc(OC)nc1C(=O)NC(C)(C)C. The molecule has 0 bridgehead atoms. The third-order valence-electron chi connectivity index (χ3n) is 1.91. The molecule has 1 amide bonds. The van der Waals surface area contributed by atoms with Gasteiger partial charge in [-0.05, 0) is 27.7 Å². The average molecular weight is 299 g/mol. The average Bonchev–Trinajstić information content (AvgIpc) is 2.78. The standard InChI is InChI=1S/C12H17N3O4S/c1-6-13-19-10(17)8-7(14-11(18-5)20-8)9(16)15-12(2,3)4/h6H,1-5H3,(H,15,16). The van der Waals surface area contributed by atoms with E-state index >= 15 is 0 Å². The first kappa shape index (κ1) is 16.1. The molecule has 110 valence electrons. The number of rotatable bonds is 4. The van der Waals surface area contributed by atoms with E-state index in [4.69, 9.17) is 4.74 Å². The van der Waals surface area contributed by atoms with Gasteiger partial charge in [0.2, 0.25) is 0 Å². The summed E-state index contributed by atoms with van der Waals surface area (Å²) in [5, 5.41) is 6.32. The number of nitrogens with zero attached hydrogens (tertiary/aromatic N) is 2. The minimum atomic E-state index is -0.747. The van der Waals surface area contributed by atoms with E-state index in [1.54, 1.807) is 6.92 Å². The van der Waals surface area contributed by atoms with Crippen LogP contribution in [0.15, 0.2) is 5.16 Å². The maximum Gasteiger partial charge on any atom is 0.378 e. The second kappa shape index (κ2) is 6.47. The van der Waals surface area contributed by atoms with Crippen LogP contribution in [0.1, 0.15) is 47.9 Å². The number of oxime groups is 1. The Balaban J connectivity index is 3.08. The van der Waals surface area contributed by atoms with Crippen LogP contribution in [0.4, 0.5) is 0 Å². The zero-order chi connectivity index (χ0) is 15.3. The highest BCUT2D eigenvalue weighted by molar-refractivity contribution is 7.15. The molecule has 0 aliphatic heterocycles. The topological polar surface area (TPSA) is 89.9 Å². The molecule has 0 fully saturated rings. The van der Waals surface area contributed by atoms with Crippen molar-refractivity contribution in [3.63, 3.8) is 0 Å². The van der Waals surface area contributed by atoms with Crippen molar-refractivity contribution in [2.24, 2.45) is 5.16 Å². The summed E-state index contributed by atoms with van der Waals surface area (Å²) in [4.78, 5) is 32.6. The summed E-state index contributed by atoms with van der Waals surface area (Å²) in [5.41, 5.74) is -0.477. The predicted molar refractivity (Wildman–Crippen MR) is 75.5 cm³/mol. The second-order valence-electron chi connectivity index (χ2n) is 4.81. The number of nitrogens with one attached hydrogen (secondary N) is 1. The Kier molecular flexibility index (Phi) is 5.20. The molecule has 0 unspecified atom stereocenters. The zero-order valence-electron chi connectivity index (χ0n) is 12.0. The van der Waals surface area contributed by atoms with E-state index in [0.717, 1.165) is 11.3 Å². The maximum atomic E-state index is 12.1. The quantitative estimate of drug-likeness (QED) is 0.520. The van der Waals surface area contributed by atoms with Gasteiger partial charge in [0.05, 0.1) is 7.11 Å². The van der Waals surface area contributed by atoms with Gasteiger partial charge in [0.15, 0.2) is 10.6 Å². The first-order valence-electron chi connectivity index (χ1n) is 5.85. The Hall–Kier alpha value is -1.96. The normalized spacial score (nSPS) is 11.4. The summed E-state index contributed by atoms with van der Waals surface area (Å²) in [6.45, 7) is 7.09. The van der Waals surface area contributed by atoms with Gasteiger partial charge in [-0.3, -0.25) is 4.79 Å². The molecule has 8 heteroatoms. The molecule has 1 aromatic heterocycles. The molecule has 20 heavy (non-hydrogen) atoms. The molecule has 1 rings (SSSR count). The first-order chi connectivity index (χ1) is 9.28. The molecule has 0 saturated carbocycles. The molecule has 1 heterocycles. The number of thiazole rings is 1. The summed E-state index contributed by atoms with van der Waals surface area (Å²) < 4.78 is 4.95. The fourth-order valence-electron chi connectivity index (χ4n) is 1.22. The van der Waals surface area contributed by atoms with Crippen LogP contribution in [0.3, 0.4) is 0 Å². The molecule has 0 atom stereocenters. The number of carbonyl (C=O) groups excluding carboxylic acids is 2. The molecule has 0 aliphatic rings. The molecular formula is C12H17N3O4S. The minimum Gasteiger partial charge on any atom is -0.473 e. The van der Waals surface area contributed by atoms with Crippen LogP contribution in [0.25, 0.3) is 0 Å². The van der Waals surface area contributed by atoms with Crippen LogP contribution in [0.5, 0.6) is 5.19 Å². The van der Waals surface area contributed by atoms with Crippen molar-refractivity contribution >= 4 is 29.4 Å². The Bertz CT molecular complexity index is 531. The lowest BCUT2D eigenvalue weighted by Crippen LogP contribution is -2.41. The Morgan fingerprint density at radius 3 is 2.55 bits per heavy atom. The van der Waals surface area contributed by atoms with E-state index in [2.05, 4.69) is 20.3 Å². The highest BCUT2D eigenvalue weighted by Crippen LogP contribution is 2.26. The summed E-state index contributed by atoms with van der Waals surface area (Å²) >= 11 is 0.930. The van der Waals surface area contributed by atoms with Crippen molar-refractivity contribution in [3.05, 3.63) is 10.6 Å². The van der Waals surface area contributed by atoms with Crippen LogP contribution >= 0.6 is 11.3 Å². The summed E-state index contributed by atoms with van der Waals surface area (Å²) in [6, 6.07) is 0. The van der Waals surface area contributed by atoms with Gasteiger partial charge in [0.1, 0.15) is 0 Å². The Morgan fingerprint density at radius 1 is 1.40 bits per heavy atom. The van der Waals surface area contributed by atoms with Gasteiger partial charge in [-0.2, -0.15) is 4.98 Å². The van der Waals surface area contributed by atoms with Crippen LogP contribution < -0.4 is 10.1 Å². The third kappa shape index (κ3) is 4.30. The number of hydrogen-bond donors (Lipinski definition) is 1. The lowest BCUT2D eigenvalue weighted by atomic mass is 10.1. The number of carbonyl (C=O) groups is 2. The van der Waals surface area contributed by atoms with Crippen LogP contribution in [0, 0.1) is 0 Å². The minimum absolute atomic E-state index is 0.0296. The fourth-order valence-corrected chi connectivity index (χ4v) is 1.97. The van der Waals surface area contributed by atoms with E-state index in [9.17, 15) is 9.59 Å². The number of hydrogen-bond acceptors (Lipinski definition) is 7. The zero-order valence-corrected chi connectivity index (χ0v) is 12.8. The van der Waals surface area contributed by atoms with E-state index in [1.165, 1.54) is 13.3 Å². The van der Waals surface area contributed by atoms with E-state index in [-0.39, 0.29) is 15.8 Å². The van der Waals surface area contributed by atoms with E-state index < -0.39 is 17.4 Å². The van der Waals surface area contributed by atoms with Gasteiger partial charge in [0.25, 0.3) is 11.1 Å². The molecular weight excluding hydrogens is 282 g/mol. The number of ether oxygens (including phenoxy) is 1. The van der Waals surface area contributed by atoms with Gasteiger partial charge in [-0.25, -0.2) is 4.79 Å². The molecule has 0 aromatic carbocycles. The van der Waals surface area contributed by atoms with Gasteiger partial charge in [0, 0.05) is 11.8 Å². The number of methoxy groups -OCH3 is 1. The largest absolute Gasteiger partial charge is 0.473 e. The molecule has 1 N–H and O–H groups in total. The molecule has 0 aliphatic carbocycles. The van der Waals surface area contributed by atoms with Gasteiger partial charge < -0.3 is 14.9 Å². The molecule has 0 saturated heterocycles. The summed E-state index contributed by atoms with van der Waals surface area (Å²) in [7, 11) is 1.41. The molecule has 1 aromatic rings. The van der Waals surface area contributed by atoms with Gasteiger partial charge in [-0.15, -0.1) is 0 Å². The monoisotopic (exact) mass is 299 g/mol. The van der Waals surface area contributed by atoms with Gasteiger partial charge in [-0.1, -0.05) is 16.5 Å². The third-order valence-corrected chi connectivity index (χ3v) is 2.91. The van der Waals surface area contributed by atoms with E-state index in [1.807, 2.05) is 20.8 Å². The number of amides is 1. The Morgan fingerprint density at radius 2 is 2.05 bits per heavy atom. The Labute approximate surface area is 121 Å². The second-order valence-corrected chi connectivity index (χ2v) is 5.77. The summed E-state index contributed by atoms with van der Waals surface area (Å²) in [5.74, 6) is -1.22. The lowest BCUT2D eigenvalue weighted by Gasteiger charge is -2.19. The van der Waals surface area contributed by atoms with Gasteiger partial charge >= 0.3 is 5.97 Å². The van der Waals surface area contributed by atoms with Crippen molar-refractivity contribution in [2.75, 3.05) is 7.11 Å². The lowest BCUT2D eigenvalue weighted by molar-refractivity contribution is 0.0520. The fraction of sp³-hybridized carbons (Fsp3) is 0.500. The van der Waals surface area contributed by atoms with Crippen molar-refractivity contribution in [2.45, 2.75) is 33.2 Å². The van der Waals surface area contributed by atoms with Crippen molar-refractivity contribution in [3.8, 4) is 5.19 Å². The van der Waals surface area contributed by atoms with Crippen molar-refractivity contribution < 1.29 is 19.2 Å². The highest BCUT2D eigenvalue weighted by atomic mass is 32.1. The smallest absolute Gasteiger partial charge is 0.378 e. The first-order valence-corrected chi connectivity index (χ1v) is 6.66. The number of aromatic nitrogens is 1. The maximum absolute atomic E-state index is 12.1. The van der Waals surface area contributed by atoms with Crippen LogP contribution in [0.2, 0.25) is 0 Å². The molecule has 0 spiro atoms. The predicted octanol–water partition coefficient (Wildman–Crippen LogP) is 1.84. The van der Waals surface area contributed by atoms with E-state index in [0.29, 0.717) is 0 Å². The molecule has 0 radical (unpaired) electrons. The summed E-state index contributed by atoms with van der Waals surface area (Å²) in [6.07, 6.45) is 1.32. The molecule has 7 nitrogen and oxygen atoms in total. The van der Waals surface area contributed by atoms with Crippen molar-refractivity contribution in [1.82, 2.24) is 10.3 Å². The highest BCUT2D eigenvalue weighted by Gasteiger charge is 2.27. The van der Waals surface area contributed by atoms with Crippen LogP contribution in [-0.4, -0.2) is 35.7 Å². The van der Waals surface area contributed by atoms with Crippen LogP contribution in [-0.2, 0) is 4.84 Å². The van der Waals surface area contributed by atoms with Crippen molar-refractivity contribution in [1.29, 1.82) is 0 Å².